The lowest BCUT2D eigenvalue weighted by Crippen LogP contribution is -2.13. The molecule has 22 heavy (non-hydrogen) atoms. The summed E-state index contributed by atoms with van der Waals surface area (Å²) in [5.74, 6) is -1.60. The van der Waals surface area contributed by atoms with E-state index in [2.05, 4.69) is 40.5 Å². The van der Waals surface area contributed by atoms with Crippen molar-refractivity contribution in [3.05, 3.63) is 50.1 Å². The van der Waals surface area contributed by atoms with Crippen LogP contribution in [0.1, 0.15) is 13.3 Å². The van der Waals surface area contributed by atoms with E-state index in [1.54, 1.807) is 6.92 Å². The van der Waals surface area contributed by atoms with Crippen molar-refractivity contribution in [1.82, 2.24) is 0 Å². The Balaban J connectivity index is 0. The van der Waals surface area contributed by atoms with Gasteiger partial charge in [-0.3, -0.25) is 9.59 Å². The molecule has 0 aliphatic rings. The minimum Gasteiger partial charge on any atom is -0.461 e. The van der Waals surface area contributed by atoms with E-state index in [9.17, 15) is 14.4 Å². The van der Waals surface area contributed by atoms with Gasteiger partial charge >= 0.3 is 17.9 Å². The lowest BCUT2D eigenvalue weighted by Gasteiger charge is -2.01. The second-order valence-electron chi connectivity index (χ2n) is 3.79. The molecule has 6 nitrogen and oxygen atoms in total. The van der Waals surface area contributed by atoms with Crippen molar-refractivity contribution in [2.75, 3.05) is 19.8 Å². The van der Waals surface area contributed by atoms with E-state index in [0.29, 0.717) is 5.57 Å². The maximum absolute atomic E-state index is 10.8. The van der Waals surface area contributed by atoms with Crippen LogP contribution < -0.4 is 0 Å². The van der Waals surface area contributed by atoms with Crippen molar-refractivity contribution in [2.24, 2.45) is 0 Å². The molecule has 0 aliphatic carbocycles. The van der Waals surface area contributed by atoms with Gasteiger partial charge < -0.3 is 14.2 Å². The molecule has 122 valence electrons. The first-order valence-electron chi connectivity index (χ1n) is 6.35. The Hall–Kier alpha value is -2.63. The minimum absolute atomic E-state index is 0.105. The van der Waals surface area contributed by atoms with Crippen LogP contribution in [-0.2, 0) is 28.6 Å². The molecule has 0 rings (SSSR count). The highest BCUT2D eigenvalue weighted by atomic mass is 16.6. The third kappa shape index (κ3) is 15.4. The summed E-state index contributed by atoms with van der Waals surface area (Å²) in [7, 11) is 0. The Morgan fingerprint density at radius 1 is 0.818 bits per heavy atom. The molecule has 0 bridgehead atoms. The van der Waals surface area contributed by atoms with E-state index in [-0.39, 0.29) is 32.2 Å². The maximum atomic E-state index is 10.8. The Bertz CT molecular complexity index is 400. The van der Waals surface area contributed by atoms with Gasteiger partial charge in [0.2, 0.25) is 0 Å². The lowest BCUT2D eigenvalue weighted by molar-refractivity contribution is -0.153. The number of esters is 3. The van der Waals surface area contributed by atoms with Crippen molar-refractivity contribution in [1.29, 1.82) is 0 Å². The molecule has 0 fully saturated rings. The molecule has 0 heterocycles. The fourth-order valence-electron chi connectivity index (χ4n) is 0.781. The highest BCUT2D eigenvalue weighted by Crippen LogP contribution is 1.91. The van der Waals surface area contributed by atoms with Crippen molar-refractivity contribution in [2.45, 2.75) is 13.3 Å². The molecule has 0 radical (unpaired) electrons. The molecule has 0 aliphatic heterocycles. The molecule has 0 atom stereocenters. The molecule has 0 aromatic rings. The summed E-state index contributed by atoms with van der Waals surface area (Å²) < 4.78 is 13.7. The molecule has 0 unspecified atom stereocenters. The fraction of sp³-hybridized carbons (Fsp3) is 0.312. The largest absolute Gasteiger partial charge is 0.461 e. The van der Waals surface area contributed by atoms with Crippen molar-refractivity contribution in [3.8, 4) is 0 Å². The number of carbonyl (C=O) groups is 3. The summed E-state index contributed by atoms with van der Waals surface area (Å²) in [6.07, 6.45) is 3.99. The van der Waals surface area contributed by atoms with Gasteiger partial charge in [-0.15, -0.1) is 0 Å². The van der Waals surface area contributed by atoms with Crippen LogP contribution in [0.5, 0.6) is 0 Å². The van der Waals surface area contributed by atoms with Gasteiger partial charge in [0.15, 0.2) is 0 Å². The molecule has 6 heteroatoms. The normalized spacial score (nSPS) is 8.41. The smallest absolute Gasteiger partial charge is 0.333 e. The third-order valence-electron chi connectivity index (χ3n) is 1.69. The summed E-state index contributed by atoms with van der Waals surface area (Å²) in [5.41, 5.74) is 0.414. The lowest BCUT2D eigenvalue weighted by atomic mass is 10.4. The molecule has 0 N–H and O–H groups in total. The van der Waals surface area contributed by atoms with Gasteiger partial charge in [0.1, 0.15) is 26.2 Å². The van der Waals surface area contributed by atoms with Gasteiger partial charge in [-0.25, -0.2) is 4.79 Å². The van der Waals surface area contributed by atoms with Crippen LogP contribution in [0.4, 0.5) is 0 Å². The Labute approximate surface area is 130 Å². The van der Waals surface area contributed by atoms with E-state index in [1.165, 1.54) is 18.2 Å². The summed E-state index contributed by atoms with van der Waals surface area (Å²) in [6, 6.07) is 0. The summed E-state index contributed by atoms with van der Waals surface area (Å²) in [5, 5.41) is 0. The van der Waals surface area contributed by atoms with Crippen LogP contribution in [-0.4, -0.2) is 37.7 Å². The zero-order valence-electron chi connectivity index (χ0n) is 12.8. The van der Waals surface area contributed by atoms with Gasteiger partial charge in [0.25, 0.3) is 0 Å². The molecule has 0 saturated heterocycles. The van der Waals surface area contributed by atoms with Crippen LogP contribution in [0, 0.1) is 0 Å². The van der Waals surface area contributed by atoms with Gasteiger partial charge in [-0.05, 0) is 6.92 Å². The van der Waals surface area contributed by atoms with E-state index < -0.39 is 11.9 Å². The van der Waals surface area contributed by atoms with E-state index in [4.69, 9.17) is 0 Å². The minimum atomic E-state index is -0.617. The fourth-order valence-corrected chi connectivity index (χ4v) is 0.781. The van der Waals surface area contributed by atoms with Crippen LogP contribution in [0.25, 0.3) is 0 Å². The van der Waals surface area contributed by atoms with Gasteiger partial charge in [-0.1, -0.05) is 44.5 Å². The Morgan fingerprint density at radius 3 is 1.50 bits per heavy atom. The van der Waals surface area contributed by atoms with E-state index >= 15 is 0 Å². The number of hydrogen-bond donors (Lipinski definition) is 0. The summed E-state index contributed by atoms with van der Waals surface area (Å²) in [6.45, 7) is 15.6. The molecule has 0 aromatic heterocycles. The molecule has 0 aromatic carbocycles. The first kappa shape index (κ1) is 21.7. The predicted molar refractivity (Wildman–Crippen MR) is 82.9 cm³/mol. The molecular weight excluding hydrogens is 288 g/mol. The Kier molecular flexibility index (Phi) is 14.5. The van der Waals surface area contributed by atoms with Gasteiger partial charge in [-0.2, -0.15) is 0 Å². The van der Waals surface area contributed by atoms with Gasteiger partial charge in [0.05, 0.1) is 0 Å². The first-order valence-corrected chi connectivity index (χ1v) is 6.35. The molecular formula is C16H22O6. The second kappa shape index (κ2) is 14.8. The zero-order valence-corrected chi connectivity index (χ0v) is 12.8. The molecule has 0 amide bonds. The van der Waals surface area contributed by atoms with Crippen LogP contribution in [0.3, 0.4) is 0 Å². The van der Waals surface area contributed by atoms with Crippen LogP contribution >= 0.6 is 0 Å². The number of ether oxygens (including phenoxy) is 3. The molecule has 0 saturated carbocycles. The SMILES string of the molecule is C=CCOC(=O)C(=C)C.C=CCOC(=O)CC(=O)OCC=C. The van der Waals surface area contributed by atoms with Crippen molar-refractivity contribution < 1.29 is 28.6 Å². The highest BCUT2D eigenvalue weighted by molar-refractivity contribution is 5.91. The van der Waals surface area contributed by atoms with Crippen LogP contribution in [0.15, 0.2) is 50.1 Å². The highest BCUT2D eigenvalue weighted by Gasteiger charge is 2.10. The second-order valence-corrected chi connectivity index (χ2v) is 3.79. The summed E-state index contributed by atoms with van der Waals surface area (Å²) in [4.78, 5) is 32.1. The van der Waals surface area contributed by atoms with E-state index in [1.807, 2.05) is 0 Å². The zero-order chi connectivity index (χ0) is 17.4. The first-order chi connectivity index (χ1) is 10.4. The van der Waals surface area contributed by atoms with E-state index in [0.717, 1.165) is 0 Å². The predicted octanol–water partition coefficient (Wildman–Crippen LogP) is 2.13. The average Bonchev–Trinajstić information content (AvgIpc) is 2.48. The van der Waals surface area contributed by atoms with Crippen molar-refractivity contribution in [3.63, 3.8) is 0 Å². The number of hydrogen-bond acceptors (Lipinski definition) is 6. The van der Waals surface area contributed by atoms with Crippen LogP contribution in [0.2, 0.25) is 0 Å². The quantitative estimate of drug-likeness (QED) is 0.213. The average molecular weight is 310 g/mol. The number of rotatable bonds is 9. The Morgan fingerprint density at radius 2 is 1.18 bits per heavy atom. The van der Waals surface area contributed by atoms with Crippen molar-refractivity contribution >= 4 is 17.9 Å². The topological polar surface area (TPSA) is 78.9 Å². The molecule has 0 spiro atoms. The standard InChI is InChI=1S/C9H12O4.C7H10O2/c1-3-5-12-8(10)7-9(11)13-6-4-2;1-4-5-9-7(8)6(2)3/h3-4H,1-2,5-7H2;4H,1-2,5H2,3H3. The van der Waals surface area contributed by atoms with Gasteiger partial charge in [0, 0.05) is 5.57 Å². The maximum Gasteiger partial charge on any atom is 0.333 e. The monoisotopic (exact) mass is 310 g/mol. The third-order valence-corrected chi connectivity index (χ3v) is 1.69. The number of carbonyl (C=O) groups excluding carboxylic acids is 3. The summed E-state index contributed by atoms with van der Waals surface area (Å²) >= 11 is 0.